The predicted octanol–water partition coefficient (Wildman–Crippen LogP) is 6.08. The predicted molar refractivity (Wildman–Crippen MR) is 139 cm³/mol. The smallest absolute Gasteiger partial charge is 0.408 e. The maximum absolute atomic E-state index is 13.2. The molecule has 8 heteroatoms. The Hall–Kier alpha value is -3.35. The van der Waals surface area contributed by atoms with Crippen molar-refractivity contribution in [1.29, 1.82) is 0 Å². The van der Waals surface area contributed by atoms with E-state index in [2.05, 4.69) is 32.3 Å². The van der Waals surface area contributed by atoms with E-state index in [4.69, 9.17) is 9.47 Å². The second-order valence-corrected chi connectivity index (χ2v) is 9.98. The average molecular weight is 543 g/mol. The Bertz CT molecular complexity index is 1110. The van der Waals surface area contributed by atoms with Crippen molar-refractivity contribution in [2.75, 3.05) is 5.32 Å². The second-order valence-electron chi connectivity index (χ2n) is 9.07. The molecule has 2 aromatic rings. The van der Waals surface area contributed by atoms with Crippen molar-refractivity contribution in [2.24, 2.45) is 0 Å². The van der Waals surface area contributed by atoms with E-state index in [1.165, 1.54) is 6.92 Å². The van der Waals surface area contributed by atoms with E-state index in [0.29, 0.717) is 11.3 Å². The number of ether oxygens (including phenoxy) is 2. The van der Waals surface area contributed by atoms with Crippen LogP contribution in [0.1, 0.15) is 53.1 Å². The number of para-hydroxylation sites is 1. The summed E-state index contributed by atoms with van der Waals surface area (Å²) in [5.41, 5.74) is 3.42. The molecular weight excluding hydrogens is 512 g/mol. The highest BCUT2D eigenvalue weighted by Gasteiger charge is 2.29. The van der Waals surface area contributed by atoms with E-state index in [0.717, 1.165) is 4.47 Å². The van der Waals surface area contributed by atoms with Crippen LogP contribution in [0.15, 0.2) is 75.9 Å². The van der Waals surface area contributed by atoms with Crippen LogP contribution in [-0.2, 0) is 19.1 Å². The van der Waals surface area contributed by atoms with Gasteiger partial charge in [-0.15, -0.1) is 0 Å². The molecule has 35 heavy (non-hydrogen) atoms. The van der Waals surface area contributed by atoms with Crippen molar-refractivity contribution in [3.05, 3.63) is 81.5 Å². The fraction of sp³-hybridized carbons (Fsp3) is 0.333. The lowest BCUT2D eigenvalue weighted by molar-refractivity contribution is -0.143. The molecule has 2 N–H and O–H groups in total. The molecule has 0 saturated heterocycles. The van der Waals surface area contributed by atoms with Crippen LogP contribution in [0.3, 0.4) is 0 Å². The zero-order valence-electron chi connectivity index (χ0n) is 20.8. The lowest BCUT2D eigenvalue weighted by atomic mass is 9.98. The Balaban J connectivity index is 2.58. The Kier molecular flexibility index (Phi) is 9.87. The van der Waals surface area contributed by atoms with E-state index in [1.807, 2.05) is 6.07 Å². The summed E-state index contributed by atoms with van der Waals surface area (Å²) in [6.45, 7) is 10.2. The highest BCUT2D eigenvalue weighted by molar-refractivity contribution is 9.10. The molecule has 0 heterocycles. The third kappa shape index (κ3) is 9.43. The van der Waals surface area contributed by atoms with Crippen LogP contribution in [0.4, 0.5) is 10.5 Å². The van der Waals surface area contributed by atoms with Crippen LogP contribution in [0.2, 0.25) is 0 Å². The minimum absolute atomic E-state index is 0.0346. The zero-order valence-corrected chi connectivity index (χ0v) is 22.4. The van der Waals surface area contributed by atoms with Crippen molar-refractivity contribution in [1.82, 2.24) is 5.32 Å². The molecule has 0 spiro atoms. The Morgan fingerprint density at radius 3 is 2.11 bits per heavy atom. The molecule has 0 aromatic heterocycles. The van der Waals surface area contributed by atoms with Gasteiger partial charge in [0.2, 0.25) is 0 Å². The van der Waals surface area contributed by atoms with Crippen LogP contribution < -0.4 is 10.6 Å². The number of amides is 2. The number of carbonyl (C=O) groups excluding carboxylic acids is 3. The van der Waals surface area contributed by atoms with Gasteiger partial charge in [0.15, 0.2) is 0 Å². The van der Waals surface area contributed by atoms with Gasteiger partial charge in [0, 0.05) is 10.2 Å². The topological polar surface area (TPSA) is 93.7 Å². The SMILES string of the molecule is CC(=C=C(C(=O)OC(C)C)C(NC(=O)OC(C)(C)C)c1ccc(Br)cc1)C(=O)Nc1ccccc1. The molecule has 0 radical (unpaired) electrons. The summed E-state index contributed by atoms with van der Waals surface area (Å²) in [5.74, 6) is -1.16. The molecule has 0 bridgehead atoms. The number of hydrogen-bond acceptors (Lipinski definition) is 5. The normalized spacial score (nSPS) is 11.7. The second kappa shape index (κ2) is 12.4. The van der Waals surface area contributed by atoms with Gasteiger partial charge in [0.25, 0.3) is 5.91 Å². The van der Waals surface area contributed by atoms with E-state index in [9.17, 15) is 14.4 Å². The van der Waals surface area contributed by atoms with Crippen molar-refractivity contribution in [3.8, 4) is 0 Å². The quantitative estimate of drug-likeness (QED) is 0.251. The minimum Gasteiger partial charge on any atom is -0.459 e. The van der Waals surface area contributed by atoms with Crippen LogP contribution in [-0.4, -0.2) is 29.7 Å². The van der Waals surface area contributed by atoms with Crippen LogP contribution in [0.5, 0.6) is 0 Å². The number of hydrogen-bond donors (Lipinski definition) is 2. The third-order valence-corrected chi connectivity index (χ3v) is 4.94. The van der Waals surface area contributed by atoms with Gasteiger partial charge in [0.05, 0.1) is 17.7 Å². The lowest BCUT2D eigenvalue weighted by Gasteiger charge is -2.25. The summed E-state index contributed by atoms with van der Waals surface area (Å²) in [5, 5.41) is 5.50. The van der Waals surface area contributed by atoms with Gasteiger partial charge >= 0.3 is 12.1 Å². The van der Waals surface area contributed by atoms with E-state index < -0.39 is 35.7 Å². The number of carbonyl (C=O) groups is 3. The van der Waals surface area contributed by atoms with Crippen molar-refractivity contribution >= 4 is 39.6 Å². The zero-order chi connectivity index (χ0) is 26.2. The summed E-state index contributed by atoms with van der Waals surface area (Å²) >= 11 is 3.39. The number of alkyl carbamates (subject to hydrolysis) is 1. The number of nitrogens with one attached hydrogen (secondary N) is 2. The molecule has 2 rings (SSSR count). The molecule has 0 saturated carbocycles. The Morgan fingerprint density at radius 1 is 0.971 bits per heavy atom. The molecule has 0 fully saturated rings. The maximum Gasteiger partial charge on any atom is 0.408 e. The van der Waals surface area contributed by atoms with Gasteiger partial charge in [-0.25, -0.2) is 9.59 Å². The molecule has 2 amide bonds. The van der Waals surface area contributed by atoms with E-state index in [1.54, 1.807) is 83.1 Å². The Labute approximate surface area is 214 Å². The monoisotopic (exact) mass is 542 g/mol. The van der Waals surface area contributed by atoms with Crippen LogP contribution >= 0.6 is 15.9 Å². The number of esters is 1. The van der Waals surface area contributed by atoms with Gasteiger partial charge < -0.3 is 20.1 Å². The van der Waals surface area contributed by atoms with E-state index in [-0.39, 0.29) is 11.1 Å². The standard InChI is InChI=1S/C27H31BrN2O5/c1-17(2)34-25(32)22(16-18(3)24(31)29-21-10-8-7-9-11-21)23(19-12-14-20(28)15-13-19)30-26(33)35-27(4,5)6/h7-15,17,23H,1-6H3,(H,29,31)(H,30,33). The van der Waals surface area contributed by atoms with Gasteiger partial charge in [0.1, 0.15) is 11.2 Å². The molecule has 1 unspecified atom stereocenters. The molecule has 7 nitrogen and oxygen atoms in total. The number of anilines is 1. The van der Waals surface area contributed by atoms with Crippen LogP contribution in [0, 0.1) is 0 Å². The fourth-order valence-electron chi connectivity index (χ4n) is 2.93. The summed E-state index contributed by atoms with van der Waals surface area (Å²) in [4.78, 5) is 38.7. The maximum atomic E-state index is 13.2. The molecule has 0 aliphatic carbocycles. The molecule has 186 valence electrons. The summed E-state index contributed by atoms with van der Waals surface area (Å²) in [7, 11) is 0. The largest absolute Gasteiger partial charge is 0.459 e. The van der Waals surface area contributed by atoms with Crippen molar-refractivity contribution < 1.29 is 23.9 Å². The number of halogens is 1. The van der Waals surface area contributed by atoms with Crippen LogP contribution in [0.25, 0.3) is 0 Å². The van der Waals surface area contributed by atoms with Gasteiger partial charge in [-0.1, -0.05) is 52.0 Å². The lowest BCUT2D eigenvalue weighted by Crippen LogP contribution is -2.37. The summed E-state index contributed by atoms with van der Waals surface area (Å²) in [6, 6.07) is 15.0. The molecule has 0 aliphatic heterocycles. The first-order chi connectivity index (χ1) is 16.4. The van der Waals surface area contributed by atoms with Gasteiger partial charge in [-0.05, 0) is 71.4 Å². The van der Waals surface area contributed by atoms with E-state index >= 15 is 0 Å². The third-order valence-electron chi connectivity index (χ3n) is 4.41. The number of benzene rings is 2. The molecule has 0 aliphatic rings. The number of rotatable bonds is 7. The highest BCUT2D eigenvalue weighted by atomic mass is 79.9. The summed E-state index contributed by atoms with van der Waals surface area (Å²) < 4.78 is 11.7. The summed E-state index contributed by atoms with van der Waals surface area (Å²) in [6.07, 6.45) is -1.15. The first-order valence-corrected chi connectivity index (χ1v) is 11.9. The van der Waals surface area contributed by atoms with Crippen molar-refractivity contribution in [2.45, 2.75) is 59.3 Å². The van der Waals surface area contributed by atoms with Gasteiger partial charge in [-0.2, -0.15) is 0 Å². The first kappa shape index (κ1) is 27.9. The van der Waals surface area contributed by atoms with Crippen molar-refractivity contribution in [3.63, 3.8) is 0 Å². The highest BCUT2D eigenvalue weighted by Crippen LogP contribution is 2.26. The Morgan fingerprint density at radius 2 is 1.57 bits per heavy atom. The fourth-order valence-corrected chi connectivity index (χ4v) is 3.19. The minimum atomic E-state index is -0.983. The molecule has 1 atom stereocenters. The first-order valence-electron chi connectivity index (χ1n) is 11.2. The molecule has 2 aromatic carbocycles. The van der Waals surface area contributed by atoms with Gasteiger partial charge in [-0.3, -0.25) is 4.79 Å². The average Bonchev–Trinajstić information content (AvgIpc) is 2.75. The molecular formula is C27H31BrN2O5.